The first-order valence-electron chi connectivity index (χ1n) is 9.88. The summed E-state index contributed by atoms with van der Waals surface area (Å²) < 4.78 is 5.67. The van der Waals surface area contributed by atoms with Crippen LogP contribution in [-0.4, -0.2) is 59.8 Å². The molecule has 0 radical (unpaired) electrons. The van der Waals surface area contributed by atoms with E-state index in [1.807, 2.05) is 0 Å². The molecule has 1 aliphatic heterocycles. The van der Waals surface area contributed by atoms with Crippen LogP contribution in [0.4, 0.5) is 5.69 Å². The van der Waals surface area contributed by atoms with Gasteiger partial charge in [0.25, 0.3) is 0 Å². The number of carbonyl (C=O) groups excluding carboxylic acids is 1. The molecule has 0 saturated carbocycles. The van der Waals surface area contributed by atoms with Gasteiger partial charge in [-0.05, 0) is 31.5 Å². The summed E-state index contributed by atoms with van der Waals surface area (Å²) in [5.41, 5.74) is 5.82. The molecule has 2 rings (SSSR count). The molecule has 0 saturated heterocycles. The molecule has 1 aliphatic rings. The van der Waals surface area contributed by atoms with Crippen molar-refractivity contribution in [3.05, 3.63) is 24.3 Å². The maximum atomic E-state index is 13.0. The van der Waals surface area contributed by atoms with Crippen LogP contribution in [0.25, 0.3) is 0 Å². The van der Waals surface area contributed by atoms with E-state index in [9.17, 15) is 24.6 Å². The molecular weight excluding hydrogens is 378 g/mol. The van der Waals surface area contributed by atoms with Gasteiger partial charge in [0.05, 0.1) is 5.69 Å². The molecular formula is C20H29N3O6. The Kier molecular flexibility index (Phi) is 8.88. The first-order valence-corrected chi connectivity index (χ1v) is 9.88. The van der Waals surface area contributed by atoms with E-state index in [2.05, 4.69) is 5.32 Å². The molecule has 1 heterocycles. The summed E-state index contributed by atoms with van der Waals surface area (Å²) in [6.45, 7) is 0.0425. The molecule has 1 amide bonds. The standard InChI is InChI=1S/C20H29N3O6/c21-11-7-3-1-2-4-8-14(20(27)28)22-15-13-29-17-10-6-5-9-16(17)23(19(15)26)12-18(24)25/h5-6,9-10,14-15,22H,1-4,7-8,11-13,21H2,(H,24,25)(H,27,28)/t14?,15-/m0/s1. The van der Waals surface area contributed by atoms with Crippen LogP contribution in [0.3, 0.4) is 0 Å². The number of benzene rings is 1. The van der Waals surface area contributed by atoms with Crippen molar-refractivity contribution in [3.8, 4) is 5.75 Å². The molecule has 1 aromatic carbocycles. The van der Waals surface area contributed by atoms with Gasteiger partial charge in [-0.3, -0.25) is 24.6 Å². The number of para-hydroxylation sites is 2. The average Bonchev–Trinajstić information content (AvgIpc) is 2.81. The second-order valence-electron chi connectivity index (χ2n) is 7.05. The number of fused-ring (bicyclic) bond motifs is 1. The number of nitrogens with zero attached hydrogens (tertiary/aromatic N) is 1. The van der Waals surface area contributed by atoms with Crippen molar-refractivity contribution in [2.45, 2.75) is 50.6 Å². The maximum absolute atomic E-state index is 13.0. The van der Waals surface area contributed by atoms with Crippen LogP contribution >= 0.6 is 0 Å². The zero-order chi connectivity index (χ0) is 21.2. The molecule has 0 fully saturated rings. The number of anilines is 1. The van der Waals surface area contributed by atoms with Crippen molar-refractivity contribution in [2.75, 3.05) is 24.6 Å². The van der Waals surface area contributed by atoms with E-state index < -0.39 is 36.5 Å². The molecule has 9 nitrogen and oxygen atoms in total. The first kappa shape index (κ1) is 22.6. The fourth-order valence-corrected chi connectivity index (χ4v) is 3.32. The quantitative estimate of drug-likeness (QED) is 0.379. The van der Waals surface area contributed by atoms with Crippen LogP contribution in [0, 0.1) is 0 Å². The van der Waals surface area contributed by atoms with Crippen LogP contribution in [0.15, 0.2) is 24.3 Å². The van der Waals surface area contributed by atoms with Crippen LogP contribution in [0.5, 0.6) is 5.75 Å². The highest BCUT2D eigenvalue weighted by atomic mass is 16.5. The number of hydrogen-bond donors (Lipinski definition) is 4. The predicted molar refractivity (Wildman–Crippen MR) is 107 cm³/mol. The number of rotatable bonds is 12. The van der Waals surface area contributed by atoms with E-state index in [4.69, 9.17) is 10.5 Å². The number of unbranched alkanes of at least 4 members (excludes halogenated alkanes) is 4. The summed E-state index contributed by atoms with van der Waals surface area (Å²) in [5, 5.41) is 21.6. The Morgan fingerprint density at radius 2 is 1.86 bits per heavy atom. The predicted octanol–water partition coefficient (Wildman–Crippen LogP) is 1.21. The molecule has 5 N–H and O–H groups in total. The zero-order valence-corrected chi connectivity index (χ0v) is 16.4. The zero-order valence-electron chi connectivity index (χ0n) is 16.4. The first-order chi connectivity index (χ1) is 13.9. The van der Waals surface area contributed by atoms with E-state index in [1.54, 1.807) is 24.3 Å². The van der Waals surface area contributed by atoms with Gasteiger partial charge in [0, 0.05) is 0 Å². The second-order valence-corrected chi connectivity index (χ2v) is 7.05. The van der Waals surface area contributed by atoms with Crippen LogP contribution in [-0.2, 0) is 14.4 Å². The van der Waals surface area contributed by atoms with Crippen LogP contribution in [0.2, 0.25) is 0 Å². The topological polar surface area (TPSA) is 142 Å². The molecule has 29 heavy (non-hydrogen) atoms. The highest BCUT2D eigenvalue weighted by Gasteiger charge is 2.35. The normalized spacial score (nSPS) is 17.2. The van der Waals surface area contributed by atoms with Gasteiger partial charge in [0.1, 0.15) is 31.0 Å². The average molecular weight is 407 g/mol. The largest absolute Gasteiger partial charge is 0.489 e. The van der Waals surface area contributed by atoms with Gasteiger partial charge in [0.2, 0.25) is 5.91 Å². The number of ether oxygens (including phenoxy) is 1. The van der Waals surface area contributed by atoms with Crippen molar-refractivity contribution < 1.29 is 29.3 Å². The van der Waals surface area contributed by atoms with Crippen molar-refractivity contribution in [2.24, 2.45) is 5.73 Å². The van der Waals surface area contributed by atoms with E-state index in [0.717, 1.165) is 30.6 Å². The molecule has 1 unspecified atom stereocenters. The monoisotopic (exact) mass is 407 g/mol. The lowest BCUT2D eigenvalue weighted by Crippen LogP contribution is -2.54. The summed E-state index contributed by atoms with van der Waals surface area (Å²) in [6.07, 6.45) is 4.91. The van der Waals surface area contributed by atoms with E-state index in [-0.39, 0.29) is 6.61 Å². The summed E-state index contributed by atoms with van der Waals surface area (Å²) in [5.74, 6) is -2.35. The SMILES string of the molecule is NCCCCCCCC(N[C@H]1COc2ccccc2N(CC(=O)O)C1=O)C(=O)O. The van der Waals surface area contributed by atoms with Gasteiger partial charge in [-0.2, -0.15) is 0 Å². The van der Waals surface area contributed by atoms with Crippen LogP contribution < -0.4 is 20.7 Å². The number of nitrogens with one attached hydrogen (secondary N) is 1. The van der Waals surface area contributed by atoms with Gasteiger partial charge < -0.3 is 20.7 Å². The maximum Gasteiger partial charge on any atom is 0.323 e. The van der Waals surface area contributed by atoms with E-state index in [0.29, 0.717) is 30.8 Å². The third kappa shape index (κ3) is 6.72. The van der Waals surface area contributed by atoms with Crippen molar-refractivity contribution >= 4 is 23.5 Å². The number of amides is 1. The molecule has 2 atom stereocenters. The summed E-state index contributed by atoms with van der Waals surface area (Å²) in [6, 6.07) is 4.78. The minimum atomic E-state index is -1.17. The second kappa shape index (κ2) is 11.4. The Morgan fingerprint density at radius 3 is 2.55 bits per heavy atom. The van der Waals surface area contributed by atoms with Gasteiger partial charge in [-0.1, -0.05) is 37.8 Å². The lowest BCUT2D eigenvalue weighted by Gasteiger charge is -2.25. The van der Waals surface area contributed by atoms with Gasteiger partial charge in [-0.15, -0.1) is 0 Å². The van der Waals surface area contributed by atoms with Crippen molar-refractivity contribution in [1.82, 2.24) is 5.32 Å². The minimum absolute atomic E-state index is 0.0771. The Hall–Kier alpha value is -2.65. The van der Waals surface area contributed by atoms with E-state index >= 15 is 0 Å². The molecule has 0 aromatic heterocycles. The molecule has 0 spiro atoms. The van der Waals surface area contributed by atoms with Gasteiger partial charge in [0.15, 0.2) is 0 Å². The molecule has 1 aromatic rings. The molecule has 9 heteroatoms. The van der Waals surface area contributed by atoms with Gasteiger partial charge in [-0.25, -0.2) is 0 Å². The number of carboxylic acid groups (broad SMARTS) is 2. The molecule has 0 bridgehead atoms. The Morgan fingerprint density at radius 1 is 1.17 bits per heavy atom. The Bertz CT molecular complexity index is 711. The highest BCUT2D eigenvalue weighted by molar-refractivity contribution is 6.02. The minimum Gasteiger partial charge on any atom is -0.489 e. The number of nitrogens with two attached hydrogens (primary N) is 1. The van der Waals surface area contributed by atoms with Crippen LogP contribution in [0.1, 0.15) is 38.5 Å². The van der Waals surface area contributed by atoms with Crippen molar-refractivity contribution in [1.29, 1.82) is 0 Å². The lowest BCUT2D eigenvalue weighted by atomic mass is 10.0. The Balaban J connectivity index is 2.05. The van der Waals surface area contributed by atoms with Crippen molar-refractivity contribution in [3.63, 3.8) is 0 Å². The van der Waals surface area contributed by atoms with Gasteiger partial charge >= 0.3 is 11.9 Å². The molecule has 0 aliphatic carbocycles. The highest BCUT2D eigenvalue weighted by Crippen LogP contribution is 2.31. The molecule has 160 valence electrons. The number of carbonyl (C=O) groups is 3. The summed E-state index contributed by atoms with van der Waals surface area (Å²) >= 11 is 0. The number of hydrogen-bond acceptors (Lipinski definition) is 6. The number of carboxylic acids is 2. The fourth-order valence-electron chi connectivity index (χ4n) is 3.32. The summed E-state index contributed by atoms with van der Waals surface area (Å²) in [4.78, 5) is 37.0. The third-order valence-electron chi connectivity index (χ3n) is 4.82. The smallest absolute Gasteiger partial charge is 0.323 e. The Labute approximate surface area is 169 Å². The third-order valence-corrected chi connectivity index (χ3v) is 4.82. The fraction of sp³-hybridized carbons (Fsp3) is 0.550. The number of aliphatic carboxylic acids is 2. The lowest BCUT2D eigenvalue weighted by molar-refractivity contribution is -0.141. The van der Waals surface area contributed by atoms with E-state index in [1.165, 1.54) is 0 Å². The summed E-state index contributed by atoms with van der Waals surface area (Å²) in [7, 11) is 0.